The zero-order valence-electron chi connectivity index (χ0n) is 10.1. The smallest absolute Gasteiger partial charge is 0.0991 e. The van der Waals surface area contributed by atoms with E-state index in [0.29, 0.717) is 18.8 Å². The third-order valence-electron chi connectivity index (χ3n) is 3.52. The fourth-order valence-corrected chi connectivity index (χ4v) is 2.42. The maximum absolute atomic E-state index is 8.84. The van der Waals surface area contributed by atoms with Crippen LogP contribution in [0.5, 0.6) is 0 Å². The van der Waals surface area contributed by atoms with Crippen LogP contribution in [0.15, 0.2) is 36.8 Å². The van der Waals surface area contributed by atoms with Gasteiger partial charge in [0, 0.05) is 0 Å². The lowest BCUT2D eigenvalue weighted by Crippen LogP contribution is -2.40. The second-order valence-electron chi connectivity index (χ2n) is 4.71. The molecule has 2 heterocycles. The number of rotatable bonds is 1. The third kappa shape index (κ3) is 1.52. The molecule has 3 rings (SSSR count). The van der Waals surface area contributed by atoms with Crippen LogP contribution in [0.1, 0.15) is 23.7 Å². The molecule has 0 saturated carbocycles. The molecule has 1 unspecified atom stereocenters. The molecule has 0 spiro atoms. The summed E-state index contributed by atoms with van der Waals surface area (Å²) in [5, 5.41) is 8.84. The molecule has 1 aromatic carbocycles. The Morgan fingerprint density at radius 1 is 1.39 bits per heavy atom. The molecular formula is C14H13N3O. The quantitative estimate of drug-likeness (QED) is 0.765. The van der Waals surface area contributed by atoms with Gasteiger partial charge in [-0.15, -0.1) is 0 Å². The van der Waals surface area contributed by atoms with E-state index in [-0.39, 0.29) is 5.54 Å². The Morgan fingerprint density at radius 3 is 2.89 bits per heavy atom. The van der Waals surface area contributed by atoms with Crippen LogP contribution in [-0.2, 0) is 16.9 Å². The SMILES string of the molecule is CC1(c2ccc(C#N)cc2)COCc2cncn21. The third-order valence-corrected chi connectivity index (χ3v) is 3.52. The van der Waals surface area contributed by atoms with E-state index in [4.69, 9.17) is 10.00 Å². The van der Waals surface area contributed by atoms with Crippen molar-refractivity contribution in [3.63, 3.8) is 0 Å². The fraction of sp³-hybridized carbons (Fsp3) is 0.286. The van der Waals surface area contributed by atoms with Crippen LogP contribution < -0.4 is 0 Å². The summed E-state index contributed by atoms with van der Waals surface area (Å²) < 4.78 is 7.81. The zero-order valence-corrected chi connectivity index (χ0v) is 10.1. The van der Waals surface area contributed by atoms with E-state index >= 15 is 0 Å². The Balaban J connectivity index is 2.08. The average Bonchev–Trinajstić information content (AvgIpc) is 2.89. The highest BCUT2D eigenvalue weighted by molar-refractivity contribution is 5.35. The number of benzene rings is 1. The van der Waals surface area contributed by atoms with Crippen LogP contribution in [0.4, 0.5) is 0 Å². The molecule has 0 aliphatic carbocycles. The summed E-state index contributed by atoms with van der Waals surface area (Å²) in [4.78, 5) is 4.19. The van der Waals surface area contributed by atoms with Crippen LogP contribution in [0.25, 0.3) is 0 Å². The summed E-state index contributed by atoms with van der Waals surface area (Å²) in [6.45, 7) is 3.34. The van der Waals surface area contributed by atoms with Crippen molar-refractivity contribution in [3.8, 4) is 6.07 Å². The van der Waals surface area contributed by atoms with E-state index in [1.54, 1.807) is 0 Å². The molecule has 4 nitrogen and oxygen atoms in total. The molecule has 4 heteroatoms. The summed E-state index contributed by atoms with van der Waals surface area (Å²) in [5.74, 6) is 0. The highest BCUT2D eigenvalue weighted by atomic mass is 16.5. The number of fused-ring (bicyclic) bond motifs is 1. The van der Waals surface area contributed by atoms with Crippen molar-refractivity contribution in [1.82, 2.24) is 9.55 Å². The van der Waals surface area contributed by atoms with Gasteiger partial charge in [0.15, 0.2) is 0 Å². The molecule has 0 N–H and O–H groups in total. The molecule has 1 aliphatic heterocycles. The van der Waals surface area contributed by atoms with Crippen molar-refractivity contribution < 1.29 is 4.74 Å². The van der Waals surface area contributed by atoms with Crippen molar-refractivity contribution in [2.45, 2.75) is 19.1 Å². The van der Waals surface area contributed by atoms with Crippen molar-refractivity contribution in [2.75, 3.05) is 6.61 Å². The molecule has 0 bridgehead atoms. The molecule has 0 amide bonds. The van der Waals surface area contributed by atoms with Gasteiger partial charge in [0.2, 0.25) is 0 Å². The summed E-state index contributed by atoms with van der Waals surface area (Å²) >= 11 is 0. The fourth-order valence-electron chi connectivity index (χ4n) is 2.42. The number of hydrogen-bond donors (Lipinski definition) is 0. The molecule has 1 atom stereocenters. The van der Waals surface area contributed by atoms with Gasteiger partial charge in [-0.2, -0.15) is 5.26 Å². The van der Waals surface area contributed by atoms with E-state index in [2.05, 4.69) is 22.5 Å². The molecular weight excluding hydrogens is 226 g/mol. The minimum Gasteiger partial charge on any atom is -0.372 e. The first-order valence-electron chi connectivity index (χ1n) is 5.84. The topological polar surface area (TPSA) is 50.8 Å². The molecule has 0 radical (unpaired) electrons. The van der Waals surface area contributed by atoms with Crippen LogP contribution in [0.2, 0.25) is 0 Å². The van der Waals surface area contributed by atoms with Gasteiger partial charge in [-0.25, -0.2) is 4.98 Å². The first kappa shape index (κ1) is 11.0. The maximum Gasteiger partial charge on any atom is 0.0991 e. The Labute approximate surface area is 105 Å². The zero-order chi connectivity index (χ0) is 12.6. The largest absolute Gasteiger partial charge is 0.372 e. The summed E-state index contributed by atoms with van der Waals surface area (Å²) in [6.07, 6.45) is 3.68. The van der Waals surface area contributed by atoms with Crippen LogP contribution in [0, 0.1) is 11.3 Å². The van der Waals surface area contributed by atoms with Crippen molar-refractivity contribution in [1.29, 1.82) is 5.26 Å². The Bertz CT molecular complexity index is 609. The van der Waals surface area contributed by atoms with Gasteiger partial charge < -0.3 is 9.30 Å². The van der Waals surface area contributed by atoms with E-state index in [0.717, 1.165) is 11.3 Å². The summed E-state index contributed by atoms with van der Waals surface area (Å²) in [5.41, 5.74) is 2.62. The second-order valence-corrected chi connectivity index (χ2v) is 4.71. The Morgan fingerprint density at radius 2 is 2.17 bits per heavy atom. The molecule has 2 aromatic rings. The molecule has 90 valence electrons. The monoisotopic (exact) mass is 239 g/mol. The predicted molar refractivity (Wildman–Crippen MR) is 65.8 cm³/mol. The van der Waals surface area contributed by atoms with Gasteiger partial charge in [0.05, 0.1) is 48.6 Å². The van der Waals surface area contributed by atoms with Gasteiger partial charge in [-0.1, -0.05) is 12.1 Å². The first-order chi connectivity index (χ1) is 8.74. The molecule has 18 heavy (non-hydrogen) atoms. The maximum atomic E-state index is 8.84. The minimum atomic E-state index is -0.252. The Hall–Kier alpha value is -2.12. The number of aromatic nitrogens is 2. The number of nitriles is 1. The number of hydrogen-bond acceptors (Lipinski definition) is 3. The van der Waals surface area contributed by atoms with Crippen molar-refractivity contribution in [2.24, 2.45) is 0 Å². The van der Waals surface area contributed by atoms with Crippen LogP contribution in [0.3, 0.4) is 0 Å². The highest BCUT2D eigenvalue weighted by Crippen LogP contribution is 2.31. The van der Waals surface area contributed by atoms with E-state index in [9.17, 15) is 0 Å². The number of imidazole rings is 1. The van der Waals surface area contributed by atoms with Gasteiger partial charge >= 0.3 is 0 Å². The minimum absolute atomic E-state index is 0.252. The number of ether oxygens (including phenoxy) is 1. The first-order valence-corrected chi connectivity index (χ1v) is 5.84. The predicted octanol–water partition coefficient (Wildman–Crippen LogP) is 2.05. The molecule has 1 aliphatic rings. The van der Waals surface area contributed by atoms with Crippen LogP contribution in [-0.4, -0.2) is 16.2 Å². The van der Waals surface area contributed by atoms with E-state index in [1.807, 2.05) is 36.8 Å². The summed E-state index contributed by atoms with van der Waals surface area (Å²) in [6, 6.07) is 9.78. The lowest BCUT2D eigenvalue weighted by molar-refractivity contribution is 0.0306. The number of nitrogens with zero attached hydrogens (tertiary/aromatic N) is 3. The Kier molecular flexibility index (Phi) is 2.42. The molecule has 1 aromatic heterocycles. The van der Waals surface area contributed by atoms with E-state index < -0.39 is 0 Å². The van der Waals surface area contributed by atoms with Gasteiger partial charge in [0.25, 0.3) is 0 Å². The standard InChI is InChI=1S/C14H13N3O/c1-14(12-4-2-11(6-15)3-5-12)9-18-8-13-7-16-10-17(13)14/h2-5,7,10H,8-9H2,1H3. The van der Waals surface area contributed by atoms with Crippen molar-refractivity contribution in [3.05, 3.63) is 53.6 Å². The van der Waals surface area contributed by atoms with Gasteiger partial charge in [0.1, 0.15) is 0 Å². The van der Waals surface area contributed by atoms with Crippen LogP contribution >= 0.6 is 0 Å². The lowest BCUT2D eigenvalue weighted by atomic mass is 9.90. The normalized spacial score (nSPS) is 22.2. The van der Waals surface area contributed by atoms with Crippen molar-refractivity contribution >= 4 is 0 Å². The van der Waals surface area contributed by atoms with Gasteiger partial charge in [-0.3, -0.25) is 0 Å². The highest BCUT2D eigenvalue weighted by Gasteiger charge is 2.33. The molecule has 0 saturated heterocycles. The van der Waals surface area contributed by atoms with E-state index in [1.165, 1.54) is 0 Å². The summed E-state index contributed by atoms with van der Waals surface area (Å²) in [7, 11) is 0. The molecule has 0 fully saturated rings. The lowest BCUT2D eigenvalue weighted by Gasteiger charge is -2.36. The average molecular weight is 239 g/mol. The second kappa shape index (κ2) is 3.97. The van der Waals surface area contributed by atoms with Gasteiger partial charge in [-0.05, 0) is 24.6 Å².